The lowest BCUT2D eigenvalue weighted by molar-refractivity contribution is -0.140. The number of methoxy groups -OCH3 is 1. The second-order valence-electron chi connectivity index (χ2n) is 6.28. The Kier molecular flexibility index (Phi) is 17.1. The second-order valence-corrected chi connectivity index (χ2v) is 8.43. The lowest BCUT2D eigenvalue weighted by Crippen LogP contribution is -2.19. The predicted molar refractivity (Wildman–Crippen MR) is 108 cm³/mol. The summed E-state index contributed by atoms with van der Waals surface area (Å²) in [6.07, 6.45) is 19.4. The molecule has 0 spiro atoms. The van der Waals surface area contributed by atoms with E-state index in [2.05, 4.69) is 47.7 Å². The summed E-state index contributed by atoms with van der Waals surface area (Å²) >= 11 is 4.13. The summed E-state index contributed by atoms with van der Waals surface area (Å²) in [7, 11) is 1.47. The molecule has 4 heteroatoms. The van der Waals surface area contributed by atoms with Gasteiger partial charge in [-0.05, 0) is 31.8 Å². The molecular formula is C19H38O2S2. The molecule has 0 saturated heterocycles. The lowest BCUT2D eigenvalue weighted by atomic mass is 10.0. The van der Waals surface area contributed by atoms with Crippen LogP contribution in [0.15, 0.2) is 0 Å². The first kappa shape index (κ1) is 23.2. The Morgan fingerprint density at radius 3 is 1.78 bits per heavy atom. The molecule has 0 saturated carbocycles. The van der Waals surface area contributed by atoms with Crippen LogP contribution in [0.4, 0.5) is 0 Å². The molecule has 0 radical (unpaired) electrons. The lowest BCUT2D eigenvalue weighted by Gasteiger charge is -2.24. The molecule has 0 heterocycles. The largest absolute Gasteiger partial charge is 0.469 e. The van der Waals surface area contributed by atoms with Gasteiger partial charge in [0.05, 0.1) is 7.11 Å². The van der Waals surface area contributed by atoms with Crippen LogP contribution in [-0.4, -0.2) is 36.1 Å². The Bertz CT molecular complexity index is 272. The molecule has 0 aliphatic carbocycles. The minimum Gasteiger partial charge on any atom is -0.469 e. The van der Waals surface area contributed by atoms with E-state index in [1.54, 1.807) is 0 Å². The highest BCUT2D eigenvalue weighted by molar-refractivity contribution is 8.03. The molecule has 0 aromatic carbocycles. The molecule has 0 N–H and O–H groups in total. The number of esters is 1. The smallest absolute Gasteiger partial charge is 0.305 e. The minimum absolute atomic E-state index is 0.0710. The predicted octanol–water partition coefficient (Wildman–Crippen LogP) is 6.32. The number of carbonyl (C=O) groups excluding carboxylic acids is 1. The summed E-state index contributed by atoms with van der Waals surface area (Å²) in [5, 5.41) is 1.63. The zero-order valence-electron chi connectivity index (χ0n) is 15.8. The van der Waals surface area contributed by atoms with Crippen molar-refractivity contribution in [3.8, 4) is 0 Å². The van der Waals surface area contributed by atoms with Gasteiger partial charge >= 0.3 is 5.97 Å². The Balaban J connectivity index is 3.74. The summed E-state index contributed by atoms with van der Waals surface area (Å²) in [4.78, 5) is 11.0. The van der Waals surface area contributed by atoms with E-state index in [1.807, 2.05) is 0 Å². The number of carbonyl (C=O) groups is 1. The van der Waals surface area contributed by atoms with Gasteiger partial charge in [0.2, 0.25) is 0 Å². The van der Waals surface area contributed by atoms with E-state index < -0.39 is 0 Å². The maximum atomic E-state index is 11.0. The minimum atomic E-state index is -0.0710. The van der Waals surface area contributed by atoms with E-state index in [0.717, 1.165) is 23.3 Å². The fourth-order valence-electron chi connectivity index (χ4n) is 2.93. The number of hydrogen-bond donors (Lipinski definition) is 0. The third-order valence-electron chi connectivity index (χ3n) is 4.46. The van der Waals surface area contributed by atoms with Crippen molar-refractivity contribution < 1.29 is 9.53 Å². The molecule has 0 aliphatic rings. The van der Waals surface area contributed by atoms with Crippen molar-refractivity contribution in [2.45, 2.75) is 94.5 Å². The van der Waals surface area contributed by atoms with Gasteiger partial charge in [-0.1, -0.05) is 58.3 Å². The van der Waals surface area contributed by atoms with Gasteiger partial charge in [-0.2, -0.15) is 23.5 Å². The van der Waals surface area contributed by atoms with Crippen LogP contribution in [0.5, 0.6) is 0 Å². The van der Waals surface area contributed by atoms with Crippen LogP contribution in [0.3, 0.4) is 0 Å². The monoisotopic (exact) mass is 362 g/mol. The van der Waals surface area contributed by atoms with Gasteiger partial charge in [-0.25, -0.2) is 0 Å². The quantitative estimate of drug-likeness (QED) is 0.237. The zero-order chi connectivity index (χ0) is 17.3. The first-order valence-electron chi connectivity index (χ1n) is 9.31. The third-order valence-corrected chi connectivity index (χ3v) is 6.97. The van der Waals surface area contributed by atoms with E-state index in [9.17, 15) is 4.79 Å². The number of unbranched alkanes of at least 4 members (excludes halogenated alkanes) is 7. The van der Waals surface area contributed by atoms with Crippen molar-refractivity contribution in [3.63, 3.8) is 0 Å². The highest BCUT2D eigenvalue weighted by Crippen LogP contribution is 2.30. The van der Waals surface area contributed by atoms with Crippen LogP contribution in [0.2, 0.25) is 0 Å². The molecule has 0 fully saturated rings. The van der Waals surface area contributed by atoms with Crippen LogP contribution >= 0.6 is 23.5 Å². The van der Waals surface area contributed by atoms with Crippen molar-refractivity contribution in [2.24, 2.45) is 0 Å². The van der Waals surface area contributed by atoms with Crippen molar-refractivity contribution >= 4 is 29.5 Å². The molecule has 0 aliphatic heterocycles. The van der Waals surface area contributed by atoms with E-state index >= 15 is 0 Å². The SMILES string of the molecule is CCCCCCC(SC)C(CCCCCCCC(=O)OC)SC. The topological polar surface area (TPSA) is 26.3 Å². The average Bonchev–Trinajstić information content (AvgIpc) is 2.58. The highest BCUT2D eigenvalue weighted by atomic mass is 32.2. The fraction of sp³-hybridized carbons (Fsp3) is 0.947. The Labute approximate surface area is 153 Å². The van der Waals surface area contributed by atoms with Crippen molar-refractivity contribution in [3.05, 3.63) is 0 Å². The van der Waals surface area contributed by atoms with Crippen LogP contribution < -0.4 is 0 Å². The van der Waals surface area contributed by atoms with Gasteiger partial charge in [-0.3, -0.25) is 4.79 Å². The van der Waals surface area contributed by atoms with E-state index in [0.29, 0.717) is 6.42 Å². The molecule has 0 bridgehead atoms. The van der Waals surface area contributed by atoms with Gasteiger partial charge in [0, 0.05) is 16.9 Å². The average molecular weight is 363 g/mol. The van der Waals surface area contributed by atoms with Crippen molar-refractivity contribution in [1.29, 1.82) is 0 Å². The maximum Gasteiger partial charge on any atom is 0.305 e. The summed E-state index contributed by atoms with van der Waals surface area (Å²) in [6.45, 7) is 2.28. The molecule has 0 rings (SSSR count). The second kappa shape index (κ2) is 17.0. The number of rotatable bonds is 16. The van der Waals surface area contributed by atoms with Gasteiger partial charge in [0.1, 0.15) is 0 Å². The summed E-state index contributed by atoms with van der Waals surface area (Å²) in [6, 6.07) is 0. The molecule has 0 aromatic rings. The Hall–Kier alpha value is 0.170. The van der Waals surface area contributed by atoms with Crippen LogP contribution in [0.1, 0.15) is 84.0 Å². The highest BCUT2D eigenvalue weighted by Gasteiger charge is 2.18. The van der Waals surface area contributed by atoms with E-state index in [1.165, 1.54) is 64.9 Å². The van der Waals surface area contributed by atoms with Crippen LogP contribution in [0, 0.1) is 0 Å². The molecule has 2 unspecified atom stereocenters. The van der Waals surface area contributed by atoms with Gasteiger partial charge in [0.15, 0.2) is 0 Å². The summed E-state index contributed by atoms with van der Waals surface area (Å²) < 4.78 is 4.67. The molecule has 2 atom stereocenters. The van der Waals surface area contributed by atoms with Gasteiger partial charge in [0.25, 0.3) is 0 Å². The molecule has 23 heavy (non-hydrogen) atoms. The molecule has 2 nitrogen and oxygen atoms in total. The summed E-state index contributed by atoms with van der Waals surface area (Å²) in [5.74, 6) is -0.0710. The maximum absolute atomic E-state index is 11.0. The van der Waals surface area contributed by atoms with Crippen LogP contribution in [0.25, 0.3) is 0 Å². The van der Waals surface area contributed by atoms with Gasteiger partial charge < -0.3 is 4.74 Å². The Morgan fingerprint density at radius 1 is 0.826 bits per heavy atom. The van der Waals surface area contributed by atoms with Crippen molar-refractivity contribution in [2.75, 3.05) is 19.6 Å². The standard InChI is InChI=1S/C19H38O2S2/c1-5-6-7-11-14-17(22-3)18(23-4)15-12-9-8-10-13-16-19(20)21-2/h17-18H,5-16H2,1-4H3. The van der Waals surface area contributed by atoms with Crippen molar-refractivity contribution in [1.82, 2.24) is 0 Å². The summed E-state index contributed by atoms with van der Waals surface area (Å²) in [5.41, 5.74) is 0. The normalized spacial score (nSPS) is 13.7. The van der Waals surface area contributed by atoms with Gasteiger partial charge in [-0.15, -0.1) is 0 Å². The Morgan fingerprint density at radius 2 is 1.30 bits per heavy atom. The molecule has 0 amide bonds. The fourth-order valence-corrected chi connectivity index (χ4v) is 5.28. The number of ether oxygens (including phenoxy) is 1. The van der Waals surface area contributed by atoms with E-state index in [4.69, 9.17) is 0 Å². The first-order valence-corrected chi connectivity index (χ1v) is 11.9. The molecule has 138 valence electrons. The molecule has 0 aromatic heterocycles. The zero-order valence-corrected chi connectivity index (χ0v) is 17.4. The number of thioether (sulfide) groups is 2. The van der Waals surface area contributed by atoms with E-state index in [-0.39, 0.29) is 5.97 Å². The molecular weight excluding hydrogens is 324 g/mol. The van der Waals surface area contributed by atoms with Crippen LogP contribution in [-0.2, 0) is 9.53 Å². The number of hydrogen-bond acceptors (Lipinski definition) is 4. The third kappa shape index (κ3) is 13.2. The first-order chi connectivity index (χ1) is 11.2.